The maximum absolute atomic E-state index is 6.47. The van der Waals surface area contributed by atoms with Crippen molar-refractivity contribution in [3.8, 4) is 0 Å². The molecule has 2 rings (SSSR count). The Hall–Kier alpha value is -0.750. The first-order valence-corrected chi connectivity index (χ1v) is 6.97. The molecule has 2 aliphatic carbocycles. The first-order valence-electron chi connectivity index (χ1n) is 6.59. The highest BCUT2D eigenvalue weighted by molar-refractivity contribution is 6.32. The summed E-state index contributed by atoms with van der Waals surface area (Å²) in [5.74, 6) is 1.22. The van der Waals surface area contributed by atoms with Gasteiger partial charge in [-0.1, -0.05) is 54.5 Å². The zero-order chi connectivity index (χ0) is 12.3. The Kier molecular flexibility index (Phi) is 4.28. The van der Waals surface area contributed by atoms with Gasteiger partial charge in [-0.2, -0.15) is 0 Å². The molecule has 0 aliphatic heterocycles. The summed E-state index contributed by atoms with van der Waals surface area (Å²) >= 11 is 6.47. The SMILES string of the molecule is CC1=C(/C(Cl)=C\C2C=CCCC2C)C=CCC1. The Morgan fingerprint density at radius 1 is 1.35 bits per heavy atom. The lowest BCUT2D eigenvalue weighted by atomic mass is 9.84. The topological polar surface area (TPSA) is 0 Å². The number of rotatable bonds is 2. The average Bonchev–Trinajstić information content (AvgIpc) is 2.32. The Balaban J connectivity index is 2.19. The van der Waals surface area contributed by atoms with Crippen molar-refractivity contribution in [3.63, 3.8) is 0 Å². The van der Waals surface area contributed by atoms with Crippen LogP contribution in [-0.4, -0.2) is 0 Å². The maximum atomic E-state index is 6.47. The van der Waals surface area contributed by atoms with Crippen LogP contribution in [0, 0.1) is 11.8 Å². The van der Waals surface area contributed by atoms with Crippen molar-refractivity contribution in [2.24, 2.45) is 11.8 Å². The molecule has 0 aromatic carbocycles. The molecule has 0 fully saturated rings. The van der Waals surface area contributed by atoms with Gasteiger partial charge in [0, 0.05) is 5.03 Å². The van der Waals surface area contributed by atoms with Crippen LogP contribution in [0.2, 0.25) is 0 Å². The summed E-state index contributed by atoms with van der Waals surface area (Å²) in [4.78, 5) is 0. The van der Waals surface area contributed by atoms with E-state index in [2.05, 4.69) is 44.2 Å². The molecule has 0 saturated heterocycles. The average molecular weight is 249 g/mol. The predicted molar refractivity (Wildman–Crippen MR) is 76.0 cm³/mol. The smallest absolute Gasteiger partial charge is 0.0443 e. The second-order valence-corrected chi connectivity index (χ2v) is 5.62. The molecule has 0 heterocycles. The molecule has 0 radical (unpaired) electrons. The van der Waals surface area contributed by atoms with Crippen molar-refractivity contribution in [1.82, 2.24) is 0 Å². The number of hydrogen-bond acceptors (Lipinski definition) is 0. The van der Waals surface area contributed by atoms with Crippen molar-refractivity contribution in [3.05, 3.63) is 46.6 Å². The van der Waals surface area contributed by atoms with E-state index in [1.165, 1.54) is 24.0 Å². The molecule has 2 unspecified atom stereocenters. The van der Waals surface area contributed by atoms with Crippen LogP contribution in [0.1, 0.15) is 39.5 Å². The Bertz CT molecular complexity index is 396. The van der Waals surface area contributed by atoms with Gasteiger partial charge in [-0.3, -0.25) is 0 Å². The molecule has 1 heteroatoms. The van der Waals surface area contributed by atoms with Crippen LogP contribution in [0.3, 0.4) is 0 Å². The minimum atomic E-state index is 0.506. The highest BCUT2D eigenvalue weighted by atomic mass is 35.5. The second-order valence-electron chi connectivity index (χ2n) is 5.21. The molecule has 0 amide bonds. The van der Waals surface area contributed by atoms with Crippen LogP contribution in [0.5, 0.6) is 0 Å². The standard InChI is InChI=1S/C16H21Cl/c1-12-7-3-5-9-14(12)11-16(17)15-10-6-4-8-13(15)2/h5-6,9-12,14H,3-4,7-8H2,1-2H3/b16-11+. The van der Waals surface area contributed by atoms with E-state index in [9.17, 15) is 0 Å². The van der Waals surface area contributed by atoms with Crippen LogP contribution >= 0.6 is 11.6 Å². The van der Waals surface area contributed by atoms with Gasteiger partial charge in [0.2, 0.25) is 0 Å². The van der Waals surface area contributed by atoms with Gasteiger partial charge in [0.05, 0.1) is 0 Å². The van der Waals surface area contributed by atoms with Gasteiger partial charge in [0.25, 0.3) is 0 Å². The van der Waals surface area contributed by atoms with E-state index in [0.29, 0.717) is 11.8 Å². The molecule has 0 bridgehead atoms. The third kappa shape index (κ3) is 3.13. The fraction of sp³-hybridized carbons (Fsp3) is 0.500. The molecule has 0 N–H and O–H groups in total. The minimum absolute atomic E-state index is 0.506. The van der Waals surface area contributed by atoms with E-state index in [0.717, 1.165) is 17.9 Å². The van der Waals surface area contributed by atoms with Crippen molar-refractivity contribution < 1.29 is 0 Å². The molecule has 2 atom stereocenters. The van der Waals surface area contributed by atoms with Crippen molar-refractivity contribution >= 4 is 11.6 Å². The van der Waals surface area contributed by atoms with Crippen molar-refractivity contribution in [2.75, 3.05) is 0 Å². The van der Waals surface area contributed by atoms with E-state index in [4.69, 9.17) is 11.6 Å². The van der Waals surface area contributed by atoms with Crippen LogP contribution < -0.4 is 0 Å². The van der Waals surface area contributed by atoms with E-state index in [1.807, 2.05) is 0 Å². The van der Waals surface area contributed by atoms with Gasteiger partial charge < -0.3 is 0 Å². The lowest BCUT2D eigenvalue weighted by Gasteiger charge is -2.22. The zero-order valence-electron chi connectivity index (χ0n) is 10.7. The summed E-state index contributed by atoms with van der Waals surface area (Å²) in [7, 11) is 0. The lowest BCUT2D eigenvalue weighted by molar-refractivity contribution is 0.446. The quantitative estimate of drug-likeness (QED) is 0.576. The monoisotopic (exact) mass is 248 g/mol. The van der Waals surface area contributed by atoms with Gasteiger partial charge in [0.1, 0.15) is 0 Å². The van der Waals surface area contributed by atoms with Gasteiger partial charge in [0.15, 0.2) is 0 Å². The molecule has 0 nitrogen and oxygen atoms in total. The Labute approximate surface area is 110 Å². The highest BCUT2D eigenvalue weighted by Gasteiger charge is 2.17. The summed E-state index contributed by atoms with van der Waals surface area (Å²) in [5.41, 5.74) is 2.66. The summed E-state index contributed by atoms with van der Waals surface area (Å²) in [6.07, 6.45) is 16.0. The van der Waals surface area contributed by atoms with Gasteiger partial charge in [-0.05, 0) is 50.0 Å². The van der Waals surface area contributed by atoms with E-state index < -0.39 is 0 Å². The van der Waals surface area contributed by atoms with Gasteiger partial charge >= 0.3 is 0 Å². The molecule has 0 spiro atoms. The molecule has 92 valence electrons. The molecular weight excluding hydrogens is 228 g/mol. The summed E-state index contributed by atoms with van der Waals surface area (Å²) in [6, 6.07) is 0. The second kappa shape index (κ2) is 5.73. The largest absolute Gasteiger partial charge is 0.0879 e. The highest BCUT2D eigenvalue weighted by Crippen LogP contribution is 2.32. The molecule has 0 saturated carbocycles. The Morgan fingerprint density at radius 3 is 2.88 bits per heavy atom. The number of allylic oxidation sites excluding steroid dienone is 8. The van der Waals surface area contributed by atoms with Gasteiger partial charge in [-0.15, -0.1) is 0 Å². The van der Waals surface area contributed by atoms with Crippen LogP contribution in [-0.2, 0) is 0 Å². The fourth-order valence-corrected chi connectivity index (χ4v) is 2.90. The number of halogens is 1. The molecule has 0 aromatic rings. The van der Waals surface area contributed by atoms with E-state index in [1.54, 1.807) is 0 Å². The predicted octanol–water partition coefficient (Wildman–Crippen LogP) is 5.38. The first kappa shape index (κ1) is 12.7. The van der Waals surface area contributed by atoms with E-state index in [-0.39, 0.29) is 0 Å². The summed E-state index contributed by atoms with van der Waals surface area (Å²) < 4.78 is 0. The third-order valence-corrected chi connectivity index (χ3v) is 4.16. The molecule has 17 heavy (non-hydrogen) atoms. The van der Waals surface area contributed by atoms with Crippen LogP contribution in [0.25, 0.3) is 0 Å². The summed E-state index contributed by atoms with van der Waals surface area (Å²) in [6.45, 7) is 4.50. The fourth-order valence-electron chi connectivity index (χ4n) is 2.53. The van der Waals surface area contributed by atoms with Crippen LogP contribution in [0.15, 0.2) is 46.6 Å². The zero-order valence-corrected chi connectivity index (χ0v) is 11.5. The summed E-state index contributed by atoms with van der Waals surface area (Å²) in [5, 5.41) is 0.932. The van der Waals surface area contributed by atoms with Crippen molar-refractivity contribution in [1.29, 1.82) is 0 Å². The van der Waals surface area contributed by atoms with Crippen molar-refractivity contribution in [2.45, 2.75) is 39.5 Å². The molecular formula is C16H21Cl. The number of hydrogen-bond donors (Lipinski definition) is 0. The van der Waals surface area contributed by atoms with Crippen LogP contribution in [0.4, 0.5) is 0 Å². The first-order chi connectivity index (χ1) is 8.18. The Morgan fingerprint density at radius 2 is 2.18 bits per heavy atom. The lowest BCUT2D eigenvalue weighted by Crippen LogP contribution is -2.10. The maximum Gasteiger partial charge on any atom is 0.0443 e. The molecule has 0 aromatic heterocycles. The molecule has 2 aliphatic rings. The van der Waals surface area contributed by atoms with E-state index >= 15 is 0 Å². The normalized spacial score (nSPS) is 29.9. The van der Waals surface area contributed by atoms with Gasteiger partial charge in [-0.25, -0.2) is 0 Å². The third-order valence-electron chi connectivity index (χ3n) is 3.83. The minimum Gasteiger partial charge on any atom is -0.0879 e.